The zero-order valence-electron chi connectivity index (χ0n) is 54.7. The van der Waals surface area contributed by atoms with Gasteiger partial charge >= 0.3 is 13.8 Å². The van der Waals surface area contributed by atoms with Crippen molar-refractivity contribution in [1.29, 1.82) is 0 Å². The van der Waals surface area contributed by atoms with Crippen molar-refractivity contribution in [3.8, 4) is 0 Å². The number of likely N-dealkylation sites (N-methyl/N-ethyl adjacent to an activating group) is 1. The van der Waals surface area contributed by atoms with Crippen molar-refractivity contribution >= 4 is 19.7 Å². The lowest BCUT2D eigenvalue weighted by atomic mass is 10.0. The minimum absolute atomic E-state index is 0.0271. The van der Waals surface area contributed by atoms with Crippen molar-refractivity contribution in [3.63, 3.8) is 0 Å². The highest BCUT2D eigenvalue weighted by atomic mass is 31.2. The third-order valence-electron chi connectivity index (χ3n) is 14.7. The molecule has 0 fully saturated rings. The van der Waals surface area contributed by atoms with Gasteiger partial charge in [-0.15, -0.1) is 0 Å². The quantitative estimate of drug-likeness (QED) is 0.0205. The first kappa shape index (κ1) is 79.7. The van der Waals surface area contributed by atoms with Gasteiger partial charge in [-0.2, -0.15) is 0 Å². The SMILES string of the molecule is CC/C=C\C/C=C\C/C=C\C/C=C\C/C=C\CCCC(=O)OC(/C=C\CCCCCCCCCCCCC)C(COP(=O)(O)OCC[N+](C)(C)C)NC(=O)CCCCCCCCCCCCCCCC/C=C\C/C=C\C/C=C\CCCCC. The molecule has 3 unspecified atom stereocenters. The van der Waals surface area contributed by atoms with Crippen LogP contribution < -0.4 is 5.32 Å². The molecule has 478 valence electrons. The second-order valence-corrected chi connectivity index (χ2v) is 25.4. The number of hydrogen-bond donors (Lipinski definition) is 2. The van der Waals surface area contributed by atoms with Gasteiger partial charge in [0.15, 0.2) is 0 Å². The number of rotatable bonds is 61. The molecule has 0 aromatic heterocycles. The van der Waals surface area contributed by atoms with E-state index in [1.807, 2.05) is 33.3 Å². The van der Waals surface area contributed by atoms with Crippen LogP contribution in [0.25, 0.3) is 0 Å². The highest BCUT2D eigenvalue weighted by Crippen LogP contribution is 2.43. The minimum Gasteiger partial charge on any atom is -0.456 e. The summed E-state index contributed by atoms with van der Waals surface area (Å²) < 4.78 is 30.7. The topological polar surface area (TPSA) is 111 Å². The Morgan fingerprint density at radius 1 is 0.434 bits per heavy atom. The van der Waals surface area contributed by atoms with E-state index in [1.165, 1.54) is 161 Å². The van der Waals surface area contributed by atoms with Gasteiger partial charge in [-0.25, -0.2) is 4.57 Å². The standard InChI is InChI=1S/C73H129N2O7P/c1-7-10-13-16-19-22-25-28-30-32-33-34-35-36-37-38-39-40-41-43-44-47-50-53-56-59-62-65-72(76)74-70(69-81-83(78,79)80-68-67-75(4,5)6)71(64-61-58-55-52-49-46-27-24-21-18-15-12-9-3)82-73(77)66-63-60-57-54-51-48-45-42-31-29-26-23-20-17-14-11-8-2/h11,14,19-20,22-23,28-31,33-34,45,48,54,57,61,64,70-71H,7-10,12-13,15-18,21,24-27,32,35-44,46-47,49-53,55-56,58-60,62-63,65-69H2,1-6H3,(H-,74,76,78,79)/p+1/b14-11-,22-19-,23-20-,30-28-,31-29-,34-33-,48-45-,57-54-,64-61-. The van der Waals surface area contributed by atoms with E-state index < -0.39 is 20.0 Å². The molecule has 0 saturated heterocycles. The number of amides is 1. The predicted octanol–water partition coefficient (Wildman–Crippen LogP) is 21.7. The lowest BCUT2D eigenvalue weighted by Gasteiger charge is -2.27. The van der Waals surface area contributed by atoms with Crippen LogP contribution in [0.1, 0.15) is 290 Å². The Morgan fingerprint density at radius 3 is 1.20 bits per heavy atom. The van der Waals surface area contributed by atoms with Crippen molar-refractivity contribution < 1.29 is 37.3 Å². The molecule has 0 radical (unpaired) electrons. The second kappa shape index (κ2) is 61.7. The van der Waals surface area contributed by atoms with Crippen molar-refractivity contribution in [2.75, 3.05) is 40.9 Å². The average molecular weight is 1180 g/mol. The molecule has 0 aliphatic carbocycles. The maximum Gasteiger partial charge on any atom is 0.472 e. The van der Waals surface area contributed by atoms with E-state index in [0.717, 1.165) is 89.9 Å². The molecule has 0 saturated carbocycles. The zero-order chi connectivity index (χ0) is 60.7. The first-order chi connectivity index (χ1) is 40.4. The number of quaternary nitrogens is 1. The number of unbranched alkanes of at least 4 members (excludes halogenated alkanes) is 29. The first-order valence-corrected chi connectivity index (χ1v) is 35.7. The molecule has 0 aromatic carbocycles. The summed E-state index contributed by atoms with van der Waals surface area (Å²) in [5.74, 6) is -0.573. The third-order valence-corrected chi connectivity index (χ3v) is 15.7. The fourth-order valence-electron chi connectivity index (χ4n) is 9.45. The first-order valence-electron chi connectivity index (χ1n) is 34.2. The Hall–Kier alpha value is -3.33. The normalized spacial score (nSPS) is 14.3. The van der Waals surface area contributed by atoms with Gasteiger partial charge in [0.25, 0.3) is 0 Å². The van der Waals surface area contributed by atoms with Crippen molar-refractivity contribution in [3.05, 3.63) is 109 Å². The smallest absolute Gasteiger partial charge is 0.456 e. The summed E-state index contributed by atoms with van der Waals surface area (Å²) >= 11 is 0. The van der Waals surface area contributed by atoms with E-state index in [9.17, 15) is 19.0 Å². The van der Waals surface area contributed by atoms with Gasteiger partial charge in [0, 0.05) is 12.8 Å². The van der Waals surface area contributed by atoms with Gasteiger partial charge < -0.3 is 19.4 Å². The molecule has 0 aliphatic rings. The number of carbonyl (C=O) groups is 2. The van der Waals surface area contributed by atoms with Crippen LogP contribution in [0.2, 0.25) is 0 Å². The summed E-state index contributed by atoms with van der Waals surface area (Å²) in [6.45, 7) is 6.85. The molecule has 0 aromatic rings. The Morgan fingerprint density at radius 2 is 0.783 bits per heavy atom. The van der Waals surface area contributed by atoms with Gasteiger partial charge in [-0.3, -0.25) is 18.6 Å². The molecule has 3 atom stereocenters. The van der Waals surface area contributed by atoms with Gasteiger partial charge in [-0.05, 0) is 109 Å². The Kier molecular flexibility index (Phi) is 59.3. The van der Waals surface area contributed by atoms with E-state index >= 15 is 0 Å². The van der Waals surface area contributed by atoms with Crippen LogP contribution in [0.5, 0.6) is 0 Å². The van der Waals surface area contributed by atoms with E-state index in [0.29, 0.717) is 23.9 Å². The number of esters is 1. The van der Waals surface area contributed by atoms with Crippen LogP contribution in [0, 0.1) is 0 Å². The summed E-state index contributed by atoms with van der Waals surface area (Å²) in [7, 11) is 1.46. The second-order valence-electron chi connectivity index (χ2n) is 24.0. The minimum atomic E-state index is -4.47. The summed E-state index contributed by atoms with van der Waals surface area (Å²) in [4.78, 5) is 37.8. The summed E-state index contributed by atoms with van der Waals surface area (Å²) in [5.41, 5.74) is 0. The Balaban J connectivity index is 5.15. The molecule has 1 amide bonds. The van der Waals surface area contributed by atoms with Crippen LogP contribution in [-0.4, -0.2) is 74.3 Å². The highest BCUT2D eigenvalue weighted by Gasteiger charge is 2.30. The van der Waals surface area contributed by atoms with Gasteiger partial charge in [0.2, 0.25) is 5.91 Å². The number of phosphoric acid groups is 1. The molecule has 10 heteroatoms. The van der Waals surface area contributed by atoms with E-state index in [2.05, 4.69) is 123 Å². The third kappa shape index (κ3) is 63.0. The summed E-state index contributed by atoms with van der Waals surface area (Å²) in [6, 6.07) is -0.878. The number of allylic oxidation sites excluding steroid dienone is 17. The van der Waals surface area contributed by atoms with Gasteiger partial charge in [0.1, 0.15) is 19.3 Å². The largest absolute Gasteiger partial charge is 0.472 e. The predicted molar refractivity (Wildman–Crippen MR) is 360 cm³/mol. The molecular formula is C73H130N2O7P+. The van der Waals surface area contributed by atoms with E-state index in [-0.39, 0.29) is 31.5 Å². The molecular weight excluding hydrogens is 1050 g/mol. The van der Waals surface area contributed by atoms with E-state index in [4.69, 9.17) is 13.8 Å². The van der Waals surface area contributed by atoms with Crippen LogP contribution in [-0.2, 0) is 27.9 Å². The number of carbonyl (C=O) groups excluding carboxylic acids is 2. The monoisotopic (exact) mass is 1180 g/mol. The lowest BCUT2D eigenvalue weighted by molar-refractivity contribution is -0.870. The molecule has 0 heterocycles. The van der Waals surface area contributed by atoms with E-state index in [1.54, 1.807) is 0 Å². The number of ether oxygens (including phenoxy) is 1. The fourth-order valence-corrected chi connectivity index (χ4v) is 10.2. The number of phosphoric ester groups is 1. The van der Waals surface area contributed by atoms with Gasteiger partial charge in [0.05, 0.1) is 33.8 Å². The maximum atomic E-state index is 13.6. The van der Waals surface area contributed by atoms with Crippen LogP contribution in [0.3, 0.4) is 0 Å². The highest BCUT2D eigenvalue weighted by molar-refractivity contribution is 7.47. The molecule has 9 nitrogen and oxygen atoms in total. The maximum absolute atomic E-state index is 13.6. The zero-order valence-corrected chi connectivity index (χ0v) is 55.6. The molecule has 2 N–H and O–H groups in total. The van der Waals surface area contributed by atoms with Crippen LogP contribution >= 0.6 is 7.82 Å². The molecule has 0 bridgehead atoms. The Bertz CT molecular complexity index is 1790. The molecule has 83 heavy (non-hydrogen) atoms. The Labute approximate surface area is 512 Å². The summed E-state index contributed by atoms with van der Waals surface area (Å²) in [5, 5.41) is 3.05. The summed E-state index contributed by atoms with van der Waals surface area (Å²) in [6.07, 6.45) is 85.4. The number of nitrogens with zero attached hydrogens (tertiary/aromatic N) is 1. The molecule has 0 spiro atoms. The fraction of sp³-hybridized carbons (Fsp3) is 0.726. The average Bonchev–Trinajstić information content (AvgIpc) is 3.47. The van der Waals surface area contributed by atoms with Crippen LogP contribution in [0.4, 0.5) is 0 Å². The molecule has 0 rings (SSSR count). The van der Waals surface area contributed by atoms with Gasteiger partial charge in [-0.1, -0.05) is 278 Å². The molecule has 0 aliphatic heterocycles. The number of hydrogen-bond acceptors (Lipinski definition) is 6. The van der Waals surface area contributed by atoms with Crippen molar-refractivity contribution in [2.45, 2.75) is 303 Å². The number of nitrogens with one attached hydrogen (secondary N) is 1. The lowest BCUT2D eigenvalue weighted by Crippen LogP contribution is -2.47. The van der Waals surface area contributed by atoms with Crippen molar-refractivity contribution in [2.24, 2.45) is 0 Å². The van der Waals surface area contributed by atoms with Crippen LogP contribution in [0.15, 0.2) is 109 Å². The van der Waals surface area contributed by atoms with Crippen molar-refractivity contribution in [1.82, 2.24) is 5.32 Å².